The fraction of sp³-hybridized carbons (Fsp3) is 0.158. The second-order valence-corrected chi connectivity index (χ2v) is 5.64. The van der Waals surface area contributed by atoms with Crippen LogP contribution in [0.25, 0.3) is 10.8 Å². The summed E-state index contributed by atoms with van der Waals surface area (Å²) >= 11 is 6.24. The van der Waals surface area contributed by atoms with Gasteiger partial charge >= 0.3 is 0 Å². The standard InChI is InChI=1S/C19H17ClO3/c1-22-18-10-14(11-21)9-17(20)19(18)23-12-13-6-7-15-4-2-3-5-16(15)8-13/h2-10,21H,11-12H2,1H3. The molecule has 0 radical (unpaired) electrons. The van der Waals surface area contributed by atoms with Gasteiger partial charge in [0.1, 0.15) is 6.61 Å². The summed E-state index contributed by atoms with van der Waals surface area (Å²) in [7, 11) is 1.55. The van der Waals surface area contributed by atoms with E-state index in [4.69, 9.17) is 21.1 Å². The molecule has 0 spiro atoms. The Morgan fingerprint density at radius 3 is 2.48 bits per heavy atom. The lowest BCUT2D eigenvalue weighted by atomic mass is 10.1. The number of aliphatic hydroxyl groups excluding tert-OH is 1. The molecule has 0 aliphatic rings. The average Bonchev–Trinajstić information content (AvgIpc) is 2.59. The van der Waals surface area contributed by atoms with Crippen molar-refractivity contribution in [1.82, 2.24) is 0 Å². The highest BCUT2D eigenvalue weighted by atomic mass is 35.5. The van der Waals surface area contributed by atoms with Crippen LogP contribution in [-0.4, -0.2) is 12.2 Å². The highest BCUT2D eigenvalue weighted by molar-refractivity contribution is 6.32. The topological polar surface area (TPSA) is 38.7 Å². The van der Waals surface area contributed by atoms with Crippen molar-refractivity contribution in [2.45, 2.75) is 13.2 Å². The predicted octanol–water partition coefficient (Wildman–Crippen LogP) is 4.57. The van der Waals surface area contributed by atoms with Crippen molar-refractivity contribution < 1.29 is 14.6 Å². The van der Waals surface area contributed by atoms with Crippen LogP contribution < -0.4 is 9.47 Å². The molecule has 3 aromatic carbocycles. The van der Waals surface area contributed by atoms with E-state index in [0.29, 0.717) is 28.7 Å². The maximum Gasteiger partial charge on any atom is 0.180 e. The van der Waals surface area contributed by atoms with Crippen LogP contribution in [0.15, 0.2) is 54.6 Å². The van der Waals surface area contributed by atoms with E-state index in [-0.39, 0.29) is 6.61 Å². The number of methoxy groups -OCH3 is 1. The second kappa shape index (κ2) is 6.90. The van der Waals surface area contributed by atoms with Gasteiger partial charge in [-0.25, -0.2) is 0 Å². The molecule has 0 amide bonds. The van der Waals surface area contributed by atoms with Gasteiger partial charge < -0.3 is 14.6 Å². The molecule has 0 aliphatic carbocycles. The first-order valence-corrected chi connectivity index (χ1v) is 7.67. The third-order valence-electron chi connectivity index (χ3n) is 3.67. The van der Waals surface area contributed by atoms with Gasteiger partial charge in [-0.15, -0.1) is 0 Å². The van der Waals surface area contributed by atoms with Crippen molar-refractivity contribution in [2.75, 3.05) is 7.11 Å². The van der Waals surface area contributed by atoms with Crippen LogP contribution in [0.2, 0.25) is 5.02 Å². The van der Waals surface area contributed by atoms with E-state index in [1.165, 1.54) is 10.8 Å². The molecule has 3 rings (SSSR count). The highest BCUT2D eigenvalue weighted by Crippen LogP contribution is 2.37. The van der Waals surface area contributed by atoms with Crippen LogP contribution in [0.4, 0.5) is 0 Å². The Balaban J connectivity index is 1.84. The molecule has 0 saturated carbocycles. The van der Waals surface area contributed by atoms with Crippen molar-refractivity contribution >= 4 is 22.4 Å². The Labute approximate surface area is 140 Å². The van der Waals surface area contributed by atoms with Crippen LogP contribution in [0.5, 0.6) is 11.5 Å². The molecule has 23 heavy (non-hydrogen) atoms. The van der Waals surface area contributed by atoms with Crippen LogP contribution in [0.1, 0.15) is 11.1 Å². The molecule has 0 heterocycles. The molecule has 0 aromatic heterocycles. The summed E-state index contributed by atoms with van der Waals surface area (Å²) in [4.78, 5) is 0. The first-order valence-electron chi connectivity index (χ1n) is 7.29. The molecule has 0 aliphatic heterocycles. The van der Waals surface area contributed by atoms with Crippen molar-refractivity contribution in [3.05, 3.63) is 70.7 Å². The third kappa shape index (κ3) is 3.41. The van der Waals surface area contributed by atoms with E-state index >= 15 is 0 Å². The maximum absolute atomic E-state index is 9.23. The average molecular weight is 329 g/mol. The lowest BCUT2D eigenvalue weighted by Gasteiger charge is -2.14. The van der Waals surface area contributed by atoms with Crippen molar-refractivity contribution in [1.29, 1.82) is 0 Å². The minimum absolute atomic E-state index is 0.0962. The minimum Gasteiger partial charge on any atom is -0.493 e. The lowest BCUT2D eigenvalue weighted by Crippen LogP contribution is -1.99. The van der Waals surface area contributed by atoms with E-state index in [1.807, 2.05) is 18.2 Å². The molecule has 0 unspecified atom stereocenters. The predicted molar refractivity (Wildman–Crippen MR) is 92.2 cm³/mol. The number of rotatable bonds is 5. The maximum atomic E-state index is 9.23. The number of halogens is 1. The largest absolute Gasteiger partial charge is 0.493 e. The van der Waals surface area contributed by atoms with Gasteiger partial charge in [0.2, 0.25) is 0 Å². The zero-order valence-electron chi connectivity index (χ0n) is 12.8. The number of hydrogen-bond acceptors (Lipinski definition) is 3. The van der Waals surface area contributed by atoms with Gasteiger partial charge in [-0.3, -0.25) is 0 Å². The molecular formula is C19H17ClO3. The lowest BCUT2D eigenvalue weighted by molar-refractivity contribution is 0.274. The summed E-state index contributed by atoms with van der Waals surface area (Å²) in [6.07, 6.45) is 0. The first-order chi connectivity index (χ1) is 11.2. The number of aliphatic hydroxyl groups is 1. The summed E-state index contributed by atoms with van der Waals surface area (Å²) < 4.78 is 11.2. The van der Waals surface area contributed by atoms with E-state index in [1.54, 1.807) is 19.2 Å². The molecule has 1 N–H and O–H groups in total. The van der Waals surface area contributed by atoms with Crippen molar-refractivity contribution in [3.63, 3.8) is 0 Å². The summed E-state index contributed by atoms with van der Waals surface area (Å²) in [6.45, 7) is 0.292. The Bertz CT molecular complexity index is 830. The van der Waals surface area contributed by atoms with E-state index in [2.05, 4.69) is 24.3 Å². The monoisotopic (exact) mass is 328 g/mol. The van der Waals surface area contributed by atoms with Gasteiger partial charge in [-0.1, -0.05) is 48.0 Å². The number of hydrogen-bond donors (Lipinski definition) is 1. The van der Waals surface area contributed by atoms with Crippen molar-refractivity contribution in [2.24, 2.45) is 0 Å². The van der Waals surface area contributed by atoms with Crippen LogP contribution in [-0.2, 0) is 13.2 Å². The van der Waals surface area contributed by atoms with E-state index in [0.717, 1.165) is 5.56 Å². The fourth-order valence-corrected chi connectivity index (χ4v) is 2.78. The Morgan fingerprint density at radius 2 is 1.74 bits per heavy atom. The zero-order chi connectivity index (χ0) is 16.2. The summed E-state index contributed by atoms with van der Waals surface area (Å²) in [5.74, 6) is 1.00. The van der Waals surface area contributed by atoms with Gasteiger partial charge in [-0.05, 0) is 40.1 Å². The molecule has 3 nitrogen and oxygen atoms in total. The summed E-state index contributed by atoms with van der Waals surface area (Å²) in [6, 6.07) is 17.8. The third-order valence-corrected chi connectivity index (χ3v) is 3.95. The Morgan fingerprint density at radius 1 is 0.957 bits per heavy atom. The molecule has 0 atom stereocenters. The quantitative estimate of drug-likeness (QED) is 0.745. The number of ether oxygens (including phenoxy) is 2. The van der Waals surface area contributed by atoms with Gasteiger partial charge in [0.25, 0.3) is 0 Å². The van der Waals surface area contributed by atoms with Crippen LogP contribution >= 0.6 is 11.6 Å². The molecular weight excluding hydrogens is 312 g/mol. The molecule has 4 heteroatoms. The van der Waals surface area contributed by atoms with Gasteiger partial charge in [0.15, 0.2) is 11.5 Å². The molecule has 0 fully saturated rings. The van der Waals surface area contributed by atoms with Crippen molar-refractivity contribution in [3.8, 4) is 11.5 Å². The minimum atomic E-state index is -0.0962. The number of fused-ring (bicyclic) bond motifs is 1. The van der Waals surface area contributed by atoms with Gasteiger partial charge in [0, 0.05) is 0 Å². The van der Waals surface area contributed by atoms with E-state index < -0.39 is 0 Å². The molecule has 118 valence electrons. The van der Waals surface area contributed by atoms with E-state index in [9.17, 15) is 5.11 Å². The molecule has 0 bridgehead atoms. The molecule has 0 saturated heterocycles. The normalized spacial score (nSPS) is 10.7. The van der Waals surface area contributed by atoms with Gasteiger partial charge in [0.05, 0.1) is 18.7 Å². The summed E-state index contributed by atoms with van der Waals surface area (Å²) in [5.41, 5.74) is 1.73. The second-order valence-electron chi connectivity index (χ2n) is 5.24. The van der Waals surface area contributed by atoms with Crippen LogP contribution in [0.3, 0.4) is 0 Å². The smallest absolute Gasteiger partial charge is 0.180 e. The SMILES string of the molecule is COc1cc(CO)cc(Cl)c1OCc1ccc2ccccc2c1. The summed E-state index contributed by atoms with van der Waals surface area (Å²) in [5, 5.41) is 12.0. The number of benzene rings is 3. The zero-order valence-corrected chi connectivity index (χ0v) is 13.5. The van der Waals surface area contributed by atoms with Gasteiger partial charge in [-0.2, -0.15) is 0 Å². The molecule has 3 aromatic rings. The first kappa shape index (κ1) is 15.7. The Kier molecular flexibility index (Phi) is 4.70. The Hall–Kier alpha value is -2.23. The van der Waals surface area contributed by atoms with Crippen LogP contribution in [0, 0.1) is 0 Å². The highest BCUT2D eigenvalue weighted by Gasteiger charge is 2.12. The fourth-order valence-electron chi connectivity index (χ4n) is 2.49.